The summed E-state index contributed by atoms with van der Waals surface area (Å²) in [6, 6.07) is 11.8. The number of hydrogen-bond donors (Lipinski definition) is 0. The van der Waals surface area contributed by atoms with Crippen LogP contribution in [0.25, 0.3) is 0 Å². The Labute approximate surface area is 160 Å². The summed E-state index contributed by atoms with van der Waals surface area (Å²) in [5.74, 6) is 1.32. The first kappa shape index (κ1) is 19.2. The predicted molar refractivity (Wildman–Crippen MR) is 105 cm³/mol. The van der Waals surface area contributed by atoms with Crippen LogP contribution in [0.3, 0.4) is 0 Å². The average Bonchev–Trinajstić information content (AvgIpc) is 2.70. The standard InChI is InChI=1S/C21H27N3O3/c1-3-26-18-9-7-17(8-10-18)16-23-12-14-24(15-13-23)20-19(6-5-11-22-20)21(25)27-4-2/h5-11H,3-4,12-16H2,1-2H3. The molecule has 27 heavy (non-hydrogen) atoms. The molecule has 3 rings (SSSR count). The number of rotatable bonds is 7. The lowest BCUT2D eigenvalue weighted by atomic mass is 10.1. The summed E-state index contributed by atoms with van der Waals surface area (Å²) >= 11 is 0. The second-order valence-corrected chi connectivity index (χ2v) is 6.44. The van der Waals surface area contributed by atoms with E-state index in [2.05, 4.69) is 26.9 Å². The van der Waals surface area contributed by atoms with Crippen LogP contribution >= 0.6 is 0 Å². The van der Waals surface area contributed by atoms with Crippen molar-refractivity contribution in [1.29, 1.82) is 0 Å². The van der Waals surface area contributed by atoms with E-state index in [0.717, 1.165) is 44.3 Å². The molecule has 0 N–H and O–H groups in total. The summed E-state index contributed by atoms with van der Waals surface area (Å²) in [5.41, 5.74) is 1.82. The quantitative estimate of drug-likeness (QED) is 0.700. The number of pyridine rings is 1. The summed E-state index contributed by atoms with van der Waals surface area (Å²) in [5, 5.41) is 0. The Kier molecular flexibility index (Phi) is 6.65. The van der Waals surface area contributed by atoms with Crippen LogP contribution in [0.15, 0.2) is 42.6 Å². The lowest BCUT2D eigenvalue weighted by Crippen LogP contribution is -2.46. The number of piperazine rings is 1. The van der Waals surface area contributed by atoms with Gasteiger partial charge in [-0.2, -0.15) is 0 Å². The predicted octanol–water partition coefficient (Wildman–Crippen LogP) is 2.98. The Morgan fingerprint density at radius 2 is 1.78 bits per heavy atom. The van der Waals surface area contributed by atoms with Gasteiger partial charge in [0.15, 0.2) is 0 Å². The van der Waals surface area contributed by atoms with E-state index >= 15 is 0 Å². The molecule has 6 nitrogen and oxygen atoms in total. The van der Waals surface area contributed by atoms with Crippen molar-refractivity contribution in [2.75, 3.05) is 44.3 Å². The average molecular weight is 369 g/mol. The summed E-state index contributed by atoms with van der Waals surface area (Å²) in [4.78, 5) is 21.2. The number of hydrogen-bond acceptors (Lipinski definition) is 6. The highest BCUT2D eigenvalue weighted by Crippen LogP contribution is 2.21. The van der Waals surface area contributed by atoms with Crippen molar-refractivity contribution in [2.24, 2.45) is 0 Å². The van der Waals surface area contributed by atoms with Crippen LogP contribution in [0.1, 0.15) is 29.8 Å². The van der Waals surface area contributed by atoms with Crippen molar-refractivity contribution < 1.29 is 14.3 Å². The van der Waals surface area contributed by atoms with Crippen LogP contribution in [-0.4, -0.2) is 55.2 Å². The van der Waals surface area contributed by atoms with E-state index in [1.54, 1.807) is 18.3 Å². The molecule has 6 heteroatoms. The molecule has 0 radical (unpaired) electrons. The van der Waals surface area contributed by atoms with Gasteiger partial charge in [0.05, 0.1) is 13.2 Å². The van der Waals surface area contributed by atoms with Crippen LogP contribution in [0, 0.1) is 0 Å². The maximum atomic E-state index is 12.2. The van der Waals surface area contributed by atoms with Gasteiger partial charge in [0.1, 0.15) is 17.1 Å². The van der Waals surface area contributed by atoms with Gasteiger partial charge in [0.25, 0.3) is 0 Å². The second kappa shape index (κ2) is 9.37. The topological polar surface area (TPSA) is 54.9 Å². The Morgan fingerprint density at radius 3 is 2.44 bits per heavy atom. The molecule has 2 heterocycles. The zero-order valence-electron chi connectivity index (χ0n) is 16.1. The monoisotopic (exact) mass is 369 g/mol. The zero-order valence-corrected chi connectivity index (χ0v) is 16.1. The van der Waals surface area contributed by atoms with Gasteiger partial charge in [-0.15, -0.1) is 0 Å². The largest absolute Gasteiger partial charge is 0.494 e. The number of ether oxygens (including phenoxy) is 2. The number of carbonyl (C=O) groups is 1. The van der Waals surface area contributed by atoms with E-state index < -0.39 is 0 Å². The van der Waals surface area contributed by atoms with Crippen molar-refractivity contribution in [2.45, 2.75) is 20.4 Å². The van der Waals surface area contributed by atoms with Crippen molar-refractivity contribution in [3.05, 3.63) is 53.7 Å². The molecule has 0 saturated carbocycles. The highest BCUT2D eigenvalue weighted by Gasteiger charge is 2.23. The summed E-state index contributed by atoms with van der Waals surface area (Å²) in [6.07, 6.45) is 1.73. The Morgan fingerprint density at radius 1 is 1.04 bits per heavy atom. The fourth-order valence-corrected chi connectivity index (χ4v) is 3.25. The molecule has 144 valence electrons. The molecule has 1 aromatic heterocycles. The third-order valence-electron chi connectivity index (χ3n) is 4.59. The van der Waals surface area contributed by atoms with Crippen LogP contribution in [0.5, 0.6) is 5.75 Å². The van der Waals surface area contributed by atoms with Crippen LogP contribution in [0.2, 0.25) is 0 Å². The van der Waals surface area contributed by atoms with Gasteiger partial charge in [-0.1, -0.05) is 12.1 Å². The van der Waals surface area contributed by atoms with Gasteiger partial charge in [-0.25, -0.2) is 9.78 Å². The number of esters is 1. The van der Waals surface area contributed by atoms with E-state index in [0.29, 0.717) is 18.8 Å². The molecule has 1 aliphatic rings. The normalized spacial score (nSPS) is 14.8. The first-order valence-corrected chi connectivity index (χ1v) is 9.52. The molecule has 0 atom stereocenters. The summed E-state index contributed by atoms with van der Waals surface area (Å²) in [6.45, 7) is 9.27. The first-order chi connectivity index (χ1) is 13.2. The Bertz CT molecular complexity index is 741. The van der Waals surface area contributed by atoms with Crippen molar-refractivity contribution in [1.82, 2.24) is 9.88 Å². The molecule has 1 saturated heterocycles. The molecular weight excluding hydrogens is 342 g/mol. The SMILES string of the molecule is CCOC(=O)c1cccnc1N1CCN(Cc2ccc(OCC)cc2)CC1. The maximum Gasteiger partial charge on any atom is 0.341 e. The molecular formula is C21H27N3O3. The van der Waals surface area contributed by atoms with Crippen LogP contribution in [-0.2, 0) is 11.3 Å². The van der Waals surface area contributed by atoms with Gasteiger partial charge in [-0.3, -0.25) is 4.90 Å². The molecule has 0 aliphatic carbocycles. The highest BCUT2D eigenvalue weighted by atomic mass is 16.5. The third kappa shape index (κ3) is 4.98. The molecule has 0 amide bonds. The van der Waals surface area contributed by atoms with Gasteiger partial charge >= 0.3 is 5.97 Å². The van der Waals surface area contributed by atoms with Crippen LogP contribution < -0.4 is 9.64 Å². The third-order valence-corrected chi connectivity index (χ3v) is 4.59. The van der Waals surface area contributed by atoms with E-state index in [4.69, 9.17) is 9.47 Å². The lowest BCUT2D eigenvalue weighted by molar-refractivity contribution is 0.0526. The molecule has 0 unspecified atom stereocenters. The maximum absolute atomic E-state index is 12.2. The van der Waals surface area contributed by atoms with Crippen molar-refractivity contribution >= 4 is 11.8 Å². The lowest BCUT2D eigenvalue weighted by Gasteiger charge is -2.36. The van der Waals surface area contributed by atoms with Gasteiger partial charge in [0.2, 0.25) is 0 Å². The van der Waals surface area contributed by atoms with Crippen LogP contribution in [0.4, 0.5) is 5.82 Å². The Hall–Kier alpha value is -2.60. The molecule has 0 spiro atoms. The van der Waals surface area contributed by atoms with E-state index in [1.165, 1.54) is 5.56 Å². The number of aromatic nitrogens is 1. The fourth-order valence-electron chi connectivity index (χ4n) is 3.25. The van der Waals surface area contributed by atoms with E-state index in [9.17, 15) is 4.79 Å². The molecule has 0 bridgehead atoms. The molecule has 2 aromatic rings. The van der Waals surface area contributed by atoms with Crippen molar-refractivity contribution in [3.8, 4) is 5.75 Å². The summed E-state index contributed by atoms with van der Waals surface area (Å²) < 4.78 is 10.7. The van der Waals surface area contributed by atoms with E-state index in [1.807, 2.05) is 26.0 Å². The summed E-state index contributed by atoms with van der Waals surface area (Å²) in [7, 11) is 0. The molecule has 1 fully saturated rings. The highest BCUT2D eigenvalue weighted by molar-refractivity contribution is 5.94. The zero-order chi connectivity index (χ0) is 19.1. The number of nitrogens with zero attached hydrogens (tertiary/aromatic N) is 3. The van der Waals surface area contributed by atoms with Gasteiger partial charge < -0.3 is 14.4 Å². The van der Waals surface area contributed by atoms with Gasteiger partial charge in [-0.05, 0) is 43.7 Å². The van der Waals surface area contributed by atoms with Crippen molar-refractivity contribution in [3.63, 3.8) is 0 Å². The smallest absolute Gasteiger partial charge is 0.341 e. The number of carbonyl (C=O) groups excluding carboxylic acids is 1. The minimum absolute atomic E-state index is 0.308. The number of benzene rings is 1. The fraction of sp³-hybridized carbons (Fsp3) is 0.429. The van der Waals surface area contributed by atoms with E-state index in [-0.39, 0.29) is 5.97 Å². The van der Waals surface area contributed by atoms with Gasteiger partial charge in [0, 0.05) is 38.9 Å². The minimum Gasteiger partial charge on any atom is -0.494 e. The first-order valence-electron chi connectivity index (χ1n) is 9.52. The second-order valence-electron chi connectivity index (χ2n) is 6.44. The molecule has 1 aromatic carbocycles. The number of anilines is 1. The molecule has 1 aliphatic heterocycles. The Balaban J connectivity index is 1.58. The minimum atomic E-state index is -0.308.